The monoisotopic (exact) mass is 433 g/mol. The number of pyridine rings is 1. The molecule has 2 amide bonds. The lowest BCUT2D eigenvalue weighted by molar-refractivity contribution is -0.137. The van der Waals surface area contributed by atoms with E-state index in [0.29, 0.717) is 17.9 Å². The van der Waals surface area contributed by atoms with Gasteiger partial charge in [-0.15, -0.1) is 0 Å². The van der Waals surface area contributed by atoms with E-state index in [0.717, 1.165) is 6.07 Å². The standard InChI is InChI=1S/C20H14F3N3O5/c21-20(22,23)11-1-6-17(27)15(9-11)26-19(30)25-12-2-4-13(5-3-12)31-14-7-8-24-16(10-14)18(28)29/h1-10,27H,(H,28,29)(H2,25,26,30). The summed E-state index contributed by atoms with van der Waals surface area (Å²) in [4.78, 5) is 26.7. The van der Waals surface area contributed by atoms with Crippen LogP contribution in [0.15, 0.2) is 60.8 Å². The summed E-state index contributed by atoms with van der Waals surface area (Å²) in [5.41, 5.74) is -1.33. The summed E-state index contributed by atoms with van der Waals surface area (Å²) in [6.45, 7) is 0. The molecule has 3 aromatic rings. The summed E-state index contributed by atoms with van der Waals surface area (Å²) < 4.78 is 43.9. The number of halogens is 3. The van der Waals surface area contributed by atoms with Gasteiger partial charge in [0, 0.05) is 18.0 Å². The van der Waals surface area contributed by atoms with Gasteiger partial charge in [0.05, 0.1) is 11.3 Å². The first-order valence-electron chi connectivity index (χ1n) is 8.57. The molecule has 1 heterocycles. The second-order valence-electron chi connectivity index (χ2n) is 6.12. The van der Waals surface area contributed by atoms with Gasteiger partial charge < -0.3 is 25.6 Å². The number of carboxylic acids is 1. The number of nitrogens with zero attached hydrogens (tertiary/aromatic N) is 1. The van der Waals surface area contributed by atoms with Crippen LogP contribution < -0.4 is 15.4 Å². The molecule has 1 aromatic heterocycles. The van der Waals surface area contributed by atoms with Gasteiger partial charge in [0.1, 0.15) is 17.2 Å². The van der Waals surface area contributed by atoms with Gasteiger partial charge in [-0.3, -0.25) is 0 Å². The van der Waals surface area contributed by atoms with Crippen LogP contribution in [0.5, 0.6) is 17.2 Å². The number of alkyl halides is 3. The number of benzene rings is 2. The lowest BCUT2D eigenvalue weighted by Crippen LogP contribution is -2.20. The molecule has 0 radical (unpaired) electrons. The second-order valence-corrected chi connectivity index (χ2v) is 6.12. The van der Waals surface area contributed by atoms with E-state index in [1.54, 1.807) is 0 Å². The van der Waals surface area contributed by atoms with Crippen molar-refractivity contribution in [3.8, 4) is 17.2 Å². The summed E-state index contributed by atoms with van der Waals surface area (Å²) in [5, 5.41) is 23.2. The molecule has 8 nitrogen and oxygen atoms in total. The Bertz CT molecular complexity index is 1120. The second kappa shape index (κ2) is 8.61. The first kappa shape index (κ1) is 21.4. The Morgan fingerprint density at radius 1 is 0.935 bits per heavy atom. The number of aromatic carboxylic acids is 1. The van der Waals surface area contributed by atoms with E-state index in [-0.39, 0.29) is 17.1 Å². The molecule has 0 bridgehead atoms. The maximum absolute atomic E-state index is 12.8. The molecule has 0 aliphatic heterocycles. The van der Waals surface area contributed by atoms with E-state index < -0.39 is 35.2 Å². The molecule has 0 saturated heterocycles. The molecule has 0 aliphatic carbocycles. The zero-order chi connectivity index (χ0) is 22.6. The number of urea groups is 1. The molecular weight excluding hydrogens is 419 g/mol. The molecule has 0 unspecified atom stereocenters. The summed E-state index contributed by atoms with van der Waals surface area (Å²) in [7, 11) is 0. The molecule has 0 fully saturated rings. The smallest absolute Gasteiger partial charge is 0.416 e. The van der Waals surface area contributed by atoms with Crippen LogP contribution in [0.4, 0.5) is 29.3 Å². The van der Waals surface area contributed by atoms with Crippen molar-refractivity contribution in [2.24, 2.45) is 0 Å². The number of phenolic OH excluding ortho intramolecular Hbond substituents is 1. The summed E-state index contributed by atoms with van der Waals surface area (Å²) in [5.74, 6) is -1.15. The van der Waals surface area contributed by atoms with Gasteiger partial charge in [-0.05, 0) is 48.5 Å². The minimum absolute atomic E-state index is 0.190. The highest BCUT2D eigenvalue weighted by Gasteiger charge is 2.31. The third-order valence-electron chi connectivity index (χ3n) is 3.87. The number of carboxylic acid groups (broad SMARTS) is 1. The maximum Gasteiger partial charge on any atom is 0.416 e. The van der Waals surface area contributed by atoms with Crippen LogP contribution >= 0.6 is 0 Å². The van der Waals surface area contributed by atoms with Gasteiger partial charge >= 0.3 is 18.2 Å². The fraction of sp³-hybridized carbons (Fsp3) is 0.0500. The summed E-state index contributed by atoms with van der Waals surface area (Å²) in [6.07, 6.45) is -3.35. The number of anilines is 2. The van der Waals surface area contributed by atoms with Crippen LogP contribution in [0.3, 0.4) is 0 Å². The van der Waals surface area contributed by atoms with Crippen LogP contribution in [-0.4, -0.2) is 27.2 Å². The minimum atomic E-state index is -4.63. The predicted octanol–water partition coefficient (Wildman–Crippen LogP) is 4.94. The average Bonchev–Trinajstić information content (AvgIpc) is 2.70. The number of aromatic hydroxyl groups is 1. The Hall–Kier alpha value is -4.28. The van der Waals surface area contributed by atoms with Crippen molar-refractivity contribution >= 4 is 23.4 Å². The van der Waals surface area contributed by atoms with E-state index in [9.17, 15) is 27.9 Å². The summed E-state index contributed by atoms with van der Waals surface area (Å²) >= 11 is 0. The number of rotatable bonds is 5. The molecule has 0 spiro atoms. The molecule has 160 valence electrons. The highest BCUT2D eigenvalue weighted by atomic mass is 19.4. The van der Waals surface area contributed by atoms with Crippen LogP contribution in [0.25, 0.3) is 0 Å². The normalized spacial score (nSPS) is 10.9. The highest BCUT2D eigenvalue weighted by molar-refractivity contribution is 6.00. The number of hydrogen-bond donors (Lipinski definition) is 4. The van der Waals surface area contributed by atoms with Gasteiger partial charge in [0.2, 0.25) is 0 Å². The first-order valence-corrected chi connectivity index (χ1v) is 8.57. The molecule has 3 rings (SSSR count). The molecule has 0 atom stereocenters. The zero-order valence-electron chi connectivity index (χ0n) is 15.5. The molecular formula is C20H14F3N3O5. The van der Waals surface area contributed by atoms with E-state index in [2.05, 4.69) is 15.6 Å². The Morgan fingerprint density at radius 3 is 2.29 bits per heavy atom. The van der Waals surface area contributed by atoms with Crippen molar-refractivity contribution in [3.05, 3.63) is 72.1 Å². The van der Waals surface area contributed by atoms with Gasteiger partial charge in [-0.1, -0.05) is 0 Å². The van der Waals surface area contributed by atoms with Gasteiger partial charge in [0.15, 0.2) is 5.69 Å². The summed E-state index contributed by atoms with van der Waals surface area (Å²) in [6, 6.07) is 9.86. The van der Waals surface area contributed by atoms with Gasteiger partial charge in [0.25, 0.3) is 0 Å². The van der Waals surface area contributed by atoms with E-state index in [4.69, 9.17) is 9.84 Å². The number of aromatic nitrogens is 1. The fourth-order valence-corrected chi connectivity index (χ4v) is 2.43. The average molecular weight is 433 g/mol. The molecule has 31 heavy (non-hydrogen) atoms. The quantitative estimate of drug-likeness (QED) is 0.423. The van der Waals surface area contributed by atoms with E-state index in [1.165, 1.54) is 42.6 Å². The number of hydrogen-bond acceptors (Lipinski definition) is 5. The Kier molecular flexibility index (Phi) is 5.95. The minimum Gasteiger partial charge on any atom is -0.506 e. The third kappa shape index (κ3) is 5.63. The van der Waals surface area contributed by atoms with Crippen molar-refractivity contribution in [2.45, 2.75) is 6.18 Å². The predicted molar refractivity (Wildman–Crippen MR) is 103 cm³/mol. The zero-order valence-corrected chi connectivity index (χ0v) is 15.5. The van der Waals surface area contributed by atoms with Crippen LogP contribution in [0.1, 0.15) is 16.1 Å². The number of carbonyl (C=O) groups excluding carboxylic acids is 1. The van der Waals surface area contributed by atoms with Crippen molar-refractivity contribution < 1.29 is 37.7 Å². The SMILES string of the molecule is O=C(Nc1ccc(Oc2ccnc(C(=O)O)c2)cc1)Nc1cc(C(F)(F)F)ccc1O. The van der Waals surface area contributed by atoms with E-state index >= 15 is 0 Å². The maximum atomic E-state index is 12.8. The van der Waals surface area contributed by atoms with E-state index in [1.807, 2.05) is 0 Å². The highest BCUT2D eigenvalue weighted by Crippen LogP contribution is 2.34. The van der Waals surface area contributed by atoms with Crippen LogP contribution in [-0.2, 0) is 6.18 Å². The van der Waals surface area contributed by atoms with Crippen molar-refractivity contribution in [2.75, 3.05) is 10.6 Å². The van der Waals surface area contributed by atoms with Gasteiger partial charge in [-0.25, -0.2) is 14.6 Å². The lowest BCUT2D eigenvalue weighted by Gasteiger charge is -2.12. The fourth-order valence-electron chi connectivity index (χ4n) is 2.43. The Labute approximate surface area is 172 Å². The van der Waals surface area contributed by atoms with Crippen molar-refractivity contribution in [1.29, 1.82) is 0 Å². The topological polar surface area (TPSA) is 121 Å². The largest absolute Gasteiger partial charge is 0.506 e. The van der Waals surface area contributed by atoms with Gasteiger partial charge in [-0.2, -0.15) is 13.2 Å². The number of carbonyl (C=O) groups is 2. The van der Waals surface area contributed by atoms with Crippen molar-refractivity contribution in [3.63, 3.8) is 0 Å². The van der Waals surface area contributed by atoms with Crippen LogP contribution in [0.2, 0.25) is 0 Å². The van der Waals surface area contributed by atoms with Crippen molar-refractivity contribution in [1.82, 2.24) is 4.98 Å². The number of amides is 2. The Morgan fingerprint density at radius 2 is 1.65 bits per heavy atom. The number of phenols is 1. The molecule has 0 aliphatic rings. The molecule has 0 saturated carbocycles. The third-order valence-corrected chi connectivity index (χ3v) is 3.87. The molecule has 2 aromatic carbocycles. The first-order chi connectivity index (χ1) is 14.6. The van der Waals surface area contributed by atoms with Crippen LogP contribution in [0, 0.1) is 0 Å². The molecule has 11 heteroatoms. The molecule has 4 N–H and O–H groups in total. The lowest BCUT2D eigenvalue weighted by atomic mass is 10.2. The number of nitrogens with one attached hydrogen (secondary N) is 2. The number of ether oxygens (including phenoxy) is 1. The Balaban J connectivity index is 1.64.